The van der Waals surface area contributed by atoms with Crippen LogP contribution in [0, 0.1) is 5.92 Å². The molecule has 0 bridgehead atoms. The molecule has 0 radical (unpaired) electrons. The Kier molecular flexibility index (Phi) is 4.96. The van der Waals surface area contributed by atoms with Crippen LogP contribution in [0.3, 0.4) is 0 Å². The zero-order valence-corrected chi connectivity index (χ0v) is 10.3. The van der Waals surface area contributed by atoms with Crippen LogP contribution in [0.5, 0.6) is 0 Å². The molecular formula is C13H20N2O. The van der Waals surface area contributed by atoms with Crippen LogP contribution in [-0.4, -0.2) is 29.9 Å². The summed E-state index contributed by atoms with van der Waals surface area (Å²) in [6, 6.07) is 5.94. The zero-order valence-electron chi connectivity index (χ0n) is 10.3. The molecule has 0 aliphatic carbocycles. The van der Waals surface area contributed by atoms with E-state index in [4.69, 9.17) is 0 Å². The molecule has 1 atom stereocenters. The number of carbonyl (C=O) groups is 1. The van der Waals surface area contributed by atoms with Crippen LogP contribution in [0.2, 0.25) is 0 Å². The van der Waals surface area contributed by atoms with Crippen molar-refractivity contribution in [1.29, 1.82) is 0 Å². The lowest BCUT2D eigenvalue weighted by Crippen LogP contribution is -2.27. The summed E-state index contributed by atoms with van der Waals surface area (Å²) in [4.78, 5) is 17.5. The van der Waals surface area contributed by atoms with Gasteiger partial charge in [0.05, 0.1) is 0 Å². The maximum atomic E-state index is 11.6. The number of hydrogen-bond acceptors (Lipinski definition) is 2. The van der Waals surface area contributed by atoms with Gasteiger partial charge in [-0.1, -0.05) is 13.0 Å². The monoisotopic (exact) mass is 220 g/mol. The molecule has 1 aromatic rings. The van der Waals surface area contributed by atoms with Crippen molar-refractivity contribution < 1.29 is 4.79 Å². The minimum absolute atomic E-state index is 0.110. The summed E-state index contributed by atoms with van der Waals surface area (Å²) >= 11 is 0. The molecule has 0 saturated carbocycles. The van der Waals surface area contributed by atoms with Gasteiger partial charge < -0.3 is 4.90 Å². The molecule has 0 saturated heterocycles. The van der Waals surface area contributed by atoms with Crippen molar-refractivity contribution in [3.05, 3.63) is 30.1 Å². The highest BCUT2D eigenvalue weighted by Gasteiger charge is 2.13. The molecule has 0 aliphatic heterocycles. The van der Waals surface area contributed by atoms with Gasteiger partial charge in [0, 0.05) is 31.9 Å². The number of pyridine rings is 1. The number of carbonyl (C=O) groups excluding carboxylic acids is 1. The number of amides is 1. The first-order valence-corrected chi connectivity index (χ1v) is 5.72. The summed E-state index contributed by atoms with van der Waals surface area (Å²) in [7, 11) is 3.61. The molecule has 0 aliphatic rings. The minimum Gasteiger partial charge on any atom is -0.349 e. The molecule has 1 heterocycles. The Balaban J connectivity index is 2.28. The molecule has 0 fully saturated rings. The highest BCUT2D eigenvalue weighted by atomic mass is 16.2. The third-order valence-corrected chi connectivity index (χ3v) is 2.66. The van der Waals surface area contributed by atoms with E-state index < -0.39 is 0 Å². The van der Waals surface area contributed by atoms with Crippen LogP contribution < -0.4 is 0 Å². The molecule has 3 heteroatoms. The number of hydrogen-bond donors (Lipinski definition) is 0. The molecule has 1 aromatic heterocycles. The lowest BCUT2D eigenvalue weighted by Gasteiger charge is -2.16. The normalized spacial score (nSPS) is 12.2. The molecule has 88 valence electrons. The summed E-state index contributed by atoms with van der Waals surface area (Å²) in [5.74, 6) is 0.319. The van der Waals surface area contributed by atoms with E-state index in [1.807, 2.05) is 31.3 Å². The summed E-state index contributed by atoms with van der Waals surface area (Å²) in [6.07, 6.45) is 4.70. The Hall–Kier alpha value is -1.38. The van der Waals surface area contributed by atoms with E-state index in [1.54, 1.807) is 19.0 Å². The van der Waals surface area contributed by atoms with E-state index in [1.165, 1.54) is 0 Å². The standard InChI is InChI=1S/C13H20N2O/c1-11(13(16)15(2)3)7-6-9-12-8-4-5-10-14-12/h4-5,8,10-11H,6-7,9H2,1-3H3. The minimum atomic E-state index is 0.110. The van der Waals surface area contributed by atoms with E-state index in [-0.39, 0.29) is 11.8 Å². The fourth-order valence-corrected chi connectivity index (χ4v) is 1.70. The van der Waals surface area contributed by atoms with Gasteiger partial charge in [-0.05, 0) is 31.4 Å². The van der Waals surface area contributed by atoms with Crippen molar-refractivity contribution >= 4 is 5.91 Å². The molecule has 1 amide bonds. The van der Waals surface area contributed by atoms with Gasteiger partial charge >= 0.3 is 0 Å². The van der Waals surface area contributed by atoms with Gasteiger partial charge in [-0.25, -0.2) is 0 Å². The summed E-state index contributed by atoms with van der Waals surface area (Å²) < 4.78 is 0. The first-order chi connectivity index (χ1) is 7.61. The van der Waals surface area contributed by atoms with Gasteiger partial charge in [-0.2, -0.15) is 0 Å². The SMILES string of the molecule is CC(CCCc1ccccn1)C(=O)N(C)C. The topological polar surface area (TPSA) is 33.2 Å². The second-order valence-corrected chi connectivity index (χ2v) is 4.35. The van der Waals surface area contributed by atoms with E-state index in [0.29, 0.717) is 0 Å². The molecule has 0 aromatic carbocycles. The van der Waals surface area contributed by atoms with Gasteiger partial charge in [0.15, 0.2) is 0 Å². The summed E-state index contributed by atoms with van der Waals surface area (Å²) in [5, 5.41) is 0. The smallest absolute Gasteiger partial charge is 0.224 e. The van der Waals surface area contributed by atoms with Crippen LogP contribution in [0.4, 0.5) is 0 Å². The van der Waals surface area contributed by atoms with Crippen molar-refractivity contribution in [2.45, 2.75) is 26.2 Å². The lowest BCUT2D eigenvalue weighted by molar-refractivity contribution is -0.132. The second-order valence-electron chi connectivity index (χ2n) is 4.35. The van der Waals surface area contributed by atoms with Crippen LogP contribution in [-0.2, 0) is 11.2 Å². The van der Waals surface area contributed by atoms with E-state index >= 15 is 0 Å². The van der Waals surface area contributed by atoms with Crippen molar-refractivity contribution in [2.75, 3.05) is 14.1 Å². The van der Waals surface area contributed by atoms with Gasteiger partial charge in [-0.3, -0.25) is 9.78 Å². The number of nitrogens with zero attached hydrogens (tertiary/aromatic N) is 2. The predicted octanol–water partition coefficient (Wildman–Crippen LogP) is 2.13. The lowest BCUT2D eigenvalue weighted by atomic mass is 10.0. The largest absolute Gasteiger partial charge is 0.349 e. The Morgan fingerprint density at radius 2 is 2.19 bits per heavy atom. The Morgan fingerprint density at radius 1 is 1.44 bits per heavy atom. The molecule has 1 rings (SSSR count). The number of aromatic nitrogens is 1. The highest BCUT2D eigenvalue weighted by molar-refractivity contribution is 5.77. The van der Waals surface area contributed by atoms with Crippen LogP contribution in [0.15, 0.2) is 24.4 Å². The zero-order chi connectivity index (χ0) is 12.0. The van der Waals surface area contributed by atoms with Crippen LogP contribution >= 0.6 is 0 Å². The van der Waals surface area contributed by atoms with Crippen molar-refractivity contribution in [3.63, 3.8) is 0 Å². The maximum absolute atomic E-state index is 11.6. The molecule has 3 nitrogen and oxygen atoms in total. The average molecular weight is 220 g/mol. The summed E-state index contributed by atoms with van der Waals surface area (Å²) in [5.41, 5.74) is 1.10. The Bertz CT molecular complexity index is 322. The number of rotatable bonds is 5. The molecule has 16 heavy (non-hydrogen) atoms. The molecular weight excluding hydrogens is 200 g/mol. The van der Waals surface area contributed by atoms with Crippen LogP contribution in [0.25, 0.3) is 0 Å². The molecule has 0 spiro atoms. The van der Waals surface area contributed by atoms with Crippen molar-refractivity contribution in [3.8, 4) is 0 Å². The molecule has 0 N–H and O–H groups in total. The maximum Gasteiger partial charge on any atom is 0.224 e. The van der Waals surface area contributed by atoms with E-state index in [0.717, 1.165) is 25.0 Å². The van der Waals surface area contributed by atoms with Gasteiger partial charge in [0.25, 0.3) is 0 Å². The predicted molar refractivity (Wildman–Crippen MR) is 65.0 cm³/mol. The second kappa shape index (κ2) is 6.26. The van der Waals surface area contributed by atoms with Gasteiger partial charge in [0.1, 0.15) is 0 Å². The van der Waals surface area contributed by atoms with E-state index in [9.17, 15) is 4.79 Å². The first-order valence-electron chi connectivity index (χ1n) is 5.72. The average Bonchev–Trinajstić information content (AvgIpc) is 2.29. The number of aryl methyl sites for hydroxylation is 1. The quantitative estimate of drug-likeness (QED) is 0.761. The third kappa shape index (κ3) is 4.01. The first kappa shape index (κ1) is 12.7. The highest BCUT2D eigenvalue weighted by Crippen LogP contribution is 2.10. The van der Waals surface area contributed by atoms with E-state index in [2.05, 4.69) is 4.98 Å². The third-order valence-electron chi connectivity index (χ3n) is 2.66. The Morgan fingerprint density at radius 3 is 2.75 bits per heavy atom. The van der Waals surface area contributed by atoms with Gasteiger partial charge in [0.2, 0.25) is 5.91 Å². The fraction of sp³-hybridized carbons (Fsp3) is 0.538. The molecule has 1 unspecified atom stereocenters. The fourth-order valence-electron chi connectivity index (χ4n) is 1.70. The van der Waals surface area contributed by atoms with Crippen molar-refractivity contribution in [2.24, 2.45) is 5.92 Å². The van der Waals surface area contributed by atoms with Gasteiger partial charge in [-0.15, -0.1) is 0 Å². The van der Waals surface area contributed by atoms with Crippen LogP contribution in [0.1, 0.15) is 25.5 Å². The Labute approximate surface area is 97.5 Å². The van der Waals surface area contributed by atoms with Crippen molar-refractivity contribution in [1.82, 2.24) is 9.88 Å². The summed E-state index contributed by atoms with van der Waals surface area (Å²) in [6.45, 7) is 1.99.